The number of esters is 2. The number of para-hydroxylation sites is 1. The highest BCUT2D eigenvalue weighted by atomic mass is 16.5. The molecule has 0 bridgehead atoms. The van der Waals surface area contributed by atoms with Crippen LogP contribution in [-0.2, 0) is 24.6 Å². The molecule has 4 rings (SSSR count). The molecule has 9 heteroatoms. The van der Waals surface area contributed by atoms with Crippen LogP contribution in [0.15, 0.2) is 48.4 Å². The van der Waals surface area contributed by atoms with Crippen LogP contribution < -0.4 is 5.32 Å². The van der Waals surface area contributed by atoms with E-state index in [1.807, 2.05) is 30.3 Å². The maximum atomic E-state index is 13.6. The van der Waals surface area contributed by atoms with E-state index in [9.17, 15) is 14.9 Å². The molecular weight excluding hydrogens is 386 g/mol. The van der Waals surface area contributed by atoms with Gasteiger partial charge in [-0.1, -0.05) is 18.2 Å². The first-order chi connectivity index (χ1) is 14.6. The number of nitriles is 1. The van der Waals surface area contributed by atoms with Crippen LogP contribution in [0, 0.1) is 11.3 Å². The van der Waals surface area contributed by atoms with Crippen molar-refractivity contribution in [2.75, 3.05) is 18.5 Å². The van der Waals surface area contributed by atoms with E-state index < -0.39 is 17.5 Å². The van der Waals surface area contributed by atoms with Crippen LogP contribution in [0.4, 0.5) is 5.82 Å². The van der Waals surface area contributed by atoms with E-state index in [1.54, 1.807) is 20.0 Å². The third-order valence-electron chi connectivity index (χ3n) is 5.00. The Labute approximate surface area is 171 Å². The summed E-state index contributed by atoms with van der Waals surface area (Å²) in [5.41, 5.74) is -0.314. The van der Waals surface area contributed by atoms with Crippen molar-refractivity contribution >= 4 is 28.7 Å². The average molecular weight is 405 g/mol. The van der Waals surface area contributed by atoms with Crippen molar-refractivity contribution in [3.8, 4) is 6.07 Å². The van der Waals surface area contributed by atoms with Gasteiger partial charge in [0, 0.05) is 28.9 Å². The summed E-state index contributed by atoms with van der Waals surface area (Å²) in [5.74, 6) is -1.11. The minimum Gasteiger partial charge on any atom is -0.464 e. The van der Waals surface area contributed by atoms with E-state index in [2.05, 4.69) is 15.4 Å². The number of H-pyrrole nitrogens is 1. The number of hydrogen-bond acceptors (Lipinski definition) is 7. The van der Waals surface area contributed by atoms with E-state index in [4.69, 9.17) is 9.47 Å². The molecule has 0 aliphatic carbocycles. The summed E-state index contributed by atoms with van der Waals surface area (Å²) in [7, 11) is 0. The number of rotatable bonds is 5. The maximum absolute atomic E-state index is 13.6. The van der Waals surface area contributed by atoms with Gasteiger partial charge < -0.3 is 19.8 Å². The Bertz CT molecular complexity index is 1220. The van der Waals surface area contributed by atoms with Gasteiger partial charge in [0.05, 0.1) is 25.0 Å². The first-order valence-corrected chi connectivity index (χ1v) is 9.46. The number of anilines is 1. The standard InChI is InChI=1S/C21H19N5O4/c1-3-29-19(27)16-12-24-18-13(9-22)10-25-26(18)21(16,20(28)30-4-2)15-11-23-17-8-6-5-7-14(15)17/h5-8,10-12,23-24H,3-4H2,1-2H3. The summed E-state index contributed by atoms with van der Waals surface area (Å²) in [5, 5.41) is 17.4. The van der Waals surface area contributed by atoms with Gasteiger partial charge in [-0.25, -0.2) is 14.3 Å². The van der Waals surface area contributed by atoms with Crippen LogP contribution in [0.2, 0.25) is 0 Å². The van der Waals surface area contributed by atoms with E-state index in [0.717, 1.165) is 5.52 Å². The van der Waals surface area contributed by atoms with Gasteiger partial charge in [0.15, 0.2) is 0 Å². The second-order valence-electron chi connectivity index (χ2n) is 6.53. The zero-order chi connectivity index (χ0) is 21.3. The Hall–Kier alpha value is -4.06. The third kappa shape index (κ3) is 2.58. The molecule has 1 unspecified atom stereocenters. The normalized spacial score (nSPS) is 17.4. The highest BCUT2D eigenvalue weighted by Crippen LogP contribution is 2.44. The van der Waals surface area contributed by atoms with Crippen molar-refractivity contribution in [3.05, 3.63) is 59.6 Å². The van der Waals surface area contributed by atoms with Crippen molar-refractivity contribution in [2.45, 2.75) is 19.4 Å². The first kappa shape index (κ1) is 19.3. The van der Waals surface area contributed by atoms with Crippen molar-refractivity contribution in [1.82, 2.24) is 14.8 Å². The molecule has 0 radical (unpaired) electrons. The maximum Gasteiger partial charge on any atom is 0.343 e. The minimum absolute atomic E-state index is 0.00708. The molecule has 1 aliphatic heterocycles. The smallest absolute Gasteiger partial charge is 0.343 e. The Kier molecular flexibility index (Phi) is 4.75. The number of carbonyl (C=O) groups excluding carboxylic acids is 2. The number of fused-ring (bicyclic) bond motifs is 2. The van der Waals surface area contributed by atoms with Gasteiger partial charge in [0.2, 0.25) is 5.54 Å². The summed E-state index contributed by atoms with van der Waals surface area (Å²) in [6.45, 7) is 3.58. The summed E-state index contributed by atoms with van der Waals surface area (Å²) in [6, 6.07) is 9.43. The topological polar surface area (TPSA) is 122 Å². The fourth-order valence-electron chi connectivity index (χ4n) is 3.77. The van der Waals surface area contributed by atoms with Crippen LogP contribution >= 0.6 is 0 Å². The second kappa shape index (κ2) is 7.40. The quantitative estimate of drug-likeness (QED) is 0.625. The number of aromatic amines is 1. The molecule has 3 aromatic rings. The second-order valence-corrected chi connectivity index (χ2v) is 6.53. The van der Waals surface area contributed by atoms with Gasteiger partial charge in [-0.2, -0.15) is 10.4 Å². The Morgan fingerprint density at radius 3 is 2.73 bits per heavy atom. The predicted octanol–water partition coefficient (Wildman–Crippen LogP) is 2.42. The monoisotopic (exact) mass is 405 g/mol. The fraction of sp³-hybridized carbons (Fsp3) is 0.238. The van der Waals surface area contributed by atoms with Crippen LogP contribution in [0.5, 0.6) is 0 Å². The molecule has 0 spiro atoms. The van der Waals surface area contributed by atoms with Gasteiger partial charge in [-0.3, -0.25) is 0 Å². The largest absolute Gasteiger partial charge is 0.464 e. The molecule has 1 aromatic carbocycles. The van der Waals surface area contributed by atoms with E-state index in [0.29, 0.717) is 10.9 Å². The molecule has 30 heavy (non-hydrogen) atoms. The van der Waals surface area contributed by atoms with E-state index >= 15 is 0 Å². The number of carbonyl (C=O) groups is 2. The summed E-state index contributed by atoms with van der Waals surface area (Å²) >= 11 is 0. The number of nitrogens with one attached hydrogen (secondary N) is 2. The van der Waals surface area contributed by atoms with Gasteiger partial charge in [-0.05, 0) is 19.9 Å². The third-order valence-corrected chi connectivity index (χ3v) is 5.00. The number of nitrogens with zero attached hydrogens (tertiary/aromatic N) is 3. The number of aromatic nitrogens is 3. The van der Waals surface area contributed by atoms with Gasteiger partial charge in [0.1, 0.15) is 17.5 Å². The molecule has 3 heterocycles. The molecular formula is C21H19N5O4. The SMILES string of the molecule is CCOC(=O)C1=CNc2c(C#N)cnn2C1(C(=O)OCC)c1c[nH]c2ccccc12. The average Bonchev–Trinajstić information content (AvgIpc) is 3.37. The number of ether oxygens (including phenoxy) is 2. The lowest BCUT2D eigenvalue weighted by molar-refractivity contribution is -0.153. The van der Waals surface area contributed by atoms with Crippen molar-refractivity contribution in [2.24, 2.45) is 0 Å². The highest BCUT2D eigenvalue weighted by molar-refractivity contribution is 6.06. The lowest BCUT2D eigenvalue weighted by Gasteiger charge is -2.36. The zero-order valence-corrected chi connectivity index (χ0v) is 16.4. The fourth-order valence-corrected chi connectivity index (χ4v) is 3.77. The summed E-state index contributed by atoms with van der Waals surface area (Å²) < 4.78 is 12.0. The van der Waals surface area contributed by atoms with E-state index in [-0.39, 0.29) is 30.2 Å². The molecule has 0 saturated heterocycles. The van der Waals surface area contributed by atoms with Crippen molar-refractivity contribution in [1.29, 1.82) is 5.26 Å². The molecule has 0 saturated carbocycles. The molecule has 152 valence electrons. The van der Waals surface area contributed by atoms with Crippen molar-refractivity contribution in [3.63, 3.8) is 0 Å². The van der Waals surface area contributed by atoms with Crippen LogP contribution in [0.3, 0.4) is 0 Å². The molecule has 0 amide bonds. The Morgan fingerprint density at radius 2 is 2.00 bits per heavy atom. The minimum atomic E-state index is -1.78. The highest BCUT2D eigenvalue weighted by Gasteiger charge is 2.55. The van der Waals surface area contributed by atoms with Crippen LogP contribution in [0.1, 0.15) is 25.0 Å². The Balaban J connectivity index is 2.11. The van der Waals surface area contributed by atoms with Crippen molar-refractivity contribution < 1.29 is 19.1 Å². The lowest BCUT2D eigenvalue weighted by atomic mass is 9.81. The molecule has 9 nitrogen and oxygen atoms in total. The molecule has 2 N–H and O–H groups in total. The predicted molar refractivity (Wildman–Crippen MR) is 107 cm³/mol. The summed E-state index contributed by atoms with van der Waals surface area (Å²) in [6.07, 6.45) is 4.37. The molecule has 2 aromatic heterocycles. The lowest BCUT2D eigenvalue weighted by Crippen LogP contribution is -2.51. The number of hydrogen-bond donors (Lipinski definition) is 2. The Morgan fingerprint density at radius 1 is 1.23 bits per heavy atom. The summed E-state index contributed by atoms with van der Waals surface area (Å²) in [4.78, 5) is 29.7. The van der Waals surface area contributed by atoms with Crippen LogP contribution in [0.25, 0.3) is 10.9 Å². The molecule has 1 aliphatic rings. The van der Waals surface area contributed by atoms with Gasteiger partial charge >= 0.3 is 11.9 Å². The molecule has 1 atom stereocenters. The molecule has 0 fully saturated rings. The van der Waals surface area contributed by atoms with Crippen LogP contribution in [-0.4, -0.2) is 39.9 Å². The van der Waals surface area contributed by atoms with Gasteiger partial charge in [-0.15, -0.1) is 0 Å². The zero-order valence-electron chi connectivity index (χ0n) is 16.4. The first-order valence-electron chi connectivity index (χ1n) is 9.46. The van der Waals surface area contributed by atoms with E-state index in [1.165, 1.54) is 17.1 Å². The number of benzene rings is 1. The van der Waals surface area contributed by atoms with Gasteiger partial charge in [0.25, 0.3) is 0 Å².